The van der Waals surface area contributed by atoms with Crippen LogP contribution in [0, 0.1) is 0 Å². The van der Waals surface area contributed by atoms with Crippen LogP contribution in [0.25, 0.3) is 0 Å². The van der Waals surface area contributed by atoms with Crippen LogP contribution in [0.2, 0.25) is 0 Å². The van der Waals surface area contributed by atoms with Crippen LogP contribution in [0.15, 0.2) is 41.7 Å². The molecule has 3 nitrogen and oxygen atoms in total. The summed E-state index contributed by atoms with van der Waals surface area (Å²) in [5, 5.41) is 5.75. The van der Waals surface area contributed by atoms with Crippen molar-refractivity contribution >= 4 is 6.41 Å². The maximum absolute atomic E-state index is 10.5. The predicted octanol–water partition coefficient (Wildman–Crippen LogP) is 1.43. The standard InChI is InChI=1S/C12H16N2O/c1-10(13-2)12(14-9-15)8-11-6-4-3-5-7-11/h3-7,9,13H,8H2,1-2H3,(H,14,15)/b12-10-. The first-order chi connectivity index (χ1) is 7.27. The summed E-state index contributed by atoms with van der Waals surface area (Å²) in [6.07, 6.45) is 1.44. The van der Waals surface area contributed by atoms with Gasteiger partial charge in [-0.25, -0.2) is 0 Å². The van der Waals surface area contributed by atoms with Crippen LogP contribution in [0.1, 0.15) is 12.5 Å². The molecule has 80 valence electrons. The number of hydrogen-bond donors (Lipinski definition) is 2. The molecule has 0 aliphatic rings. The number of nitrogens with one attached hydrogen (secondary N) is 2. The van der Waals surface area contributed by atoms with Gasteiger partial charge in [-0.1, -0.05) is 30.3 Å². The largest absolute Gasteiger partial charge is 0.390 e. The molecule has 0 radical (unpaired) electrons. The van der Waals surface area contributed by atoms with Gasteiger partial charge in [0.2, 0.25) is 6.41 Å². The molecule has 0 aromatic heterocycles. The summed E-state index contributed by atoms with van der Waals surface area (Å²) in [5.74, 6) is 0. The Morgan fingerprint density at radius 1 is 1.33 bits per heavy atom. The van der Waals surface area contributed by atoms with E-state index in [2.05, 4.69) is 10.6 Å². The summed E-state index contributed by atoms with van der Waals surface area (Å²) in [6, 6.07) is 10.0. The van der Waals surface area contributed by atoms with E-state index < -0.39 is 0 Å². The number of rotatable bonds is 5. The minimum atomic E-state index is 0.707. The molecule has 0 bridgehead atoms. The highest BCUT2D eigenvalue weighted by Gasteiger charge is 2.01. The number of carbonyl (C=O) groups excluding carboxylic acids is 1. The molecule has 1 aromatic rings. The number of amides is 1. The van der Waals surface area contributed by atoms with Gasteiger partial charge in [-0.3, -0.25) is 4.79 Å². The lowest BCUT2D eigenvalue weighted by molar-refractivity contribution is -0.109. The molecule has 0 spiro atoms. The maximum Gasteiger partial charge on any atom is 0.211 e. The molecule has 0 heterocycles. The van der Waals surface area contributed by atoms with Gasteiger partial charge >= 0.3 is 0 Å². The molecule has 1 rings (SSSR count). The molecule has 0 unspecified atom stereocenters. The number of hydrogen-bond acceptors (Lipinski definition) is 2. The van der Waals surface area contributed by atoms with Crippen molar-refractivity contribution in [1.82, 2.24) is 10.6 Å². The van der Waals surface area contributed by atoms with Gasteiger partial charge < -0.3 is 10.6 Å². The lowest BCUT2D eigenvalue weighted by Gasteiger charge is -2.10. The van der Waals surface area contributed by atoms with Gasteiger partial charge in [-0.05, 0) is 12.5 Å². The second-order valence-corrected chi connectivity index (χ2v) is 3.28. The Labute approximate surface area is 90.2 Å². The van der Waals surface area contributed by atoms with Crippen LogP contribution in [0.4, 0.5) is 0 Å². The topological polar surface area (TPSA) is 41.1 Å². The summed E-state index contributed by atoms with van der Waals surface area (Å²) in [6.45, 7) is 1.94. The molecule has 0 aliphatic carbocycles. The van der Waals surface area contributed by atoms with Gasteiger partial charge in [-0.2, -0.15) is 0 Å². The normalized spacial score (nSPS) is 11.6. The van der Waals surface area contributed by atoms with E-state index >= 15 is 0 Å². The van der Waals surface area contributed by atoms with E-state index in [4.69, 9.17) is 0 Å². The van der Waals surface area contributed by atoms with Crippen molar-refractivity contribution in [2.45, 2.75) is 13.3 Å². The third-order valence-corrected chi connectivity index (χ3v) is 2.28. The number of benzene rings is 1. The number of carbonyl (C=O) groups is 1. The highest BCUT2D eigenvalue weighted by molar-refractivity contribution is 5.51. The quantitative estimate of drug-likeness (QED) is 0.712. The molecule has 15 heavy (non-hydrogen) atoms. The molecule has 0 atom stereocenters. The van der Waals surface area contributed by atoms with Crippen LogP contribution >= 0.6 is 0 Å². The third kappa shape index (κ3) is 3.46. The molecule has 0 aliphatic heterocycles. The second kappa shape index (κ2) is 5.86. The Hall–Kier alpha value is -1.77. The molecule has 0 fully saturated rings. The lowest BCUT2D eigenvalue weighted by Crippen LogP contribution is -2.19. The van der Waals surface area contributed by atoms with Crippen molar-refractivity contribution in [2.24, 2.45) is 0 Å². The fourth-order valence-corrected chi connectivity index (χ4v) is 1.31. The average Bonchev–Trinajstić information content (AvgIpc) is 2.29. The zero-order chi connectivity index (χ0) is 11.1. The zero-order valence-electron chi connectivity index (χ0n) is 9.08. The van der Waals surface area contributed by atoms with E-state index in [0.717, 1.165) is 17.8 Å². The molecule has 0 saturated carbocycles. The van der Waals surface area contributed by atoms with E-state index in [1.807, 2.05) is 44.3 Å². The average molecular weight is 204 g/mol. The fourth-order valence-electron chi connectivity index (χ4n) is 1.31. The highest BCUT2D eigenvalue weighted by Crippen LogP contribution is 2.07. The van der Waals surface area contributed by atoms with Gasteiger partial charge in [0.25, 0.3) is 0 Å². The Morgan fingerprint density at radius 3 is 2.53 bits per heavy atom. The minimum absolute atomic E-state index is 0.707. The summed E-state index contributed by atoms with van der Waals surface area (Å²) in [7, 11) is 1.84. The first-order valence-corrected chi connectivity index (χ1v) is 4.89. The second-order valence-electron chi connectivity index (χ2n) is 3.28. The Morgan fingerprint density at radius 2 is 2.00 bits per heavy atom. The Bertz CT molecular complexity index is 344. The van der Waals surface area contributed by atoms with Crippen molar-refractivity contribution in [2.75, 3.05) is 7.05 Å². The monoisotopic (exact) mass is 204 g/mol. The van der Waals surface area contributed by atoms with Gasteiger partial charge in [0, 0.05) is 24.9 Å². The Kier molecular flexibility index (Phi) is 4.41. The summed E-state index contributed by atoms with van der Waals surface area (Å²) in [4.78, 5) is 10.5. The van der Waals surface area contributed by atoms with Crippen LogP contribution in [0.3, 0.4) is 0 Å². The Balaban J connectivity index is 2.80. The summed E-state index contributed by atoms with van der Waals surface area (Å²) < 4.78 is 0. The van der Waals surface area contributed by atoms with E-state index in [0.29, 0.717) is 6.41 Å². The van der Waals surface area contributed by atoms with Crippen LogP contribution in [-0.2, 0) is 11.2 Å². The predicted molar refractivity (Wildman–Crippen MR) is 61.1 cm³/mol. The van der Waals surface area contributed by atoms with Gasteiger partial charge in [0.15, 0.2) is 0 Å². The zero-order valence-corrected chi connectivity index (χ0v) is 9.08. The molecular weight excluding hydrogens is 188 g/mol. The van der Waals surface area contributed by atoms with Crippen molar-refractivity contribution in [3.8, 4) is 0 Å². The van der Waals surface area contributed by atoms with E-state index in [1.54, 1.807) is 0 Å². The first-order valence-electron chi connectivity index (χ1n) is 4.89. The van der Waals surface area contributed by atoms with Crippen molar-refractivity contribution in [1.29, 1.82) is 0 Å². The molecule has 1 amide bonds. The van der Waals surface area contributed by atoms with Crippen LogP contribution in [0.5, 0.6) is 0 Å². The molecule has 1 aromatic carbocycles. The van der Waals surface area contributed by atoms with Crippen molar-refractivity contribution in [3.05, 3.63) is 47.3 Å². The molecular formula is C12H16N2O. The molecule has 2 N–H and O–H groups in total. The van der Waals surface area contributed by atoms with E-state index in [1.165, 1.54) is 5.56 Å². The van der Waals surface area contributed by atoms with Crippen molar-refractivity contribution in [3.63, 3.8) is 0 Å². The van der Waals surface area contributed by atoms with Gasteiger partial charge in [-0.15, -0.1) is 0 Å². The maximum atomic E-state index is 10.5. The highest BCUT2D eigenvalue weighted by atomic mass is 16.1. The van der Waals surface area contributed by atoms with Gasteiger partial charge in [0.1, 0.15) is 0 Å². The smallest absolute Gasteiger partial charge is 0.211 e. The van der Waals surface area contributed by atoms with Crippen LogP contribution in [-0.4, -0.2) is 13.5 Å². The lowest BCUT2D eigenvalue weighted by atomic mass is 10.1. The molecule has 3 heteroatoms. The van der Waals surface area contributed by atoms with Crippen LogP contribution < -0.4 is 10.6 Å². The molecule has 0 saturated heterocycles. The van der Waals surface area contributed by atoms with Crippen molar-refractivity contribution < 1.29 is 4.79 Å². The summed E-state index contributed by atoms with van der Waals surface area (Å²) >= 11 is 0. The SMILES string of the molecule is CN/C(C)=C(/Cc1ccccc1)NC=O. The van der Waals surface area contributed by atoms with Gasteiger partial charge in [0.05, 0.1) is 0 Å². The summed E-state index contributed by atoms with van der Waals surface area (Å²) in [5.41, 5.74) is 3.06. The van der Waals surface area contributed by atoms with E-state index in [9.17, 15) is 4.79 Å². The first kappa shape index (κ1) is 11.3. The number of allylic oxidation sites excluding steroid dienone is 2. The fraction of sp³-hybridized carbons (Fsp3) is 0.250. The van der Waals surface area contributed by atoms with E-state index in [-0.39, 0.29) is 0 Å². The third-order valence-electron chi connectivity index (χ3n) is 2.28. The minimum Gasteiger partial charge on any atom is -0.390 e.